The molecule has 0 fully saturated rings. The number of anilines is 1. The summed E-state index contributed by atoms with van der Waals surface area (Å²) in [5.41, 5.74) is 7.66. The fourth-order valence-electron chi connectivity index (χ4n) is 4.27. The Kier molecular flexibility index (Phi) is 4.96. The number of thiophene rings is 1. The molecular formula is C27H22N6OS. The minimum atomic E-state index is 0.0754. The molecule has 0 atom stereocenters. The zero-order valence-electron chi connectivity index (χ0n) is 19.5. The second-order valence-corrected chi connectivity index (χ2v) is 9.77. The van der Waals surface area contributed by atoms with E-state index < -0.39 is 0 Å². The maximum Gasteiger partial charge on any atom is 0.169 e. The largest absolute Gasteiger partial charge is 0.376 e. The first-order valence-corrected chi connectivity index (χ1v) is 12.0. The van der Waals surface area contributed by atoms with E-state index in [0.717, 1.165) is 65.5 Å². The minimum absolute atomic E-state index is 0.0754. The van der Waals surface area contributed by atoms with E-state index in [-0.39, 0.29) is 5.78 Å². The molecule has 6 rings (SSSR count). The van der Waals surface area contributed by atoms with Gasteiger partial charge in [0.15, 0.2) is 5.78 Å². The molecule has 5 heterocycles. The SMILES string of the molecule is CC(=O)c1ccc(-c2ccnc3[nH]c(-c4n[nH]c5ccc(-c6cncc(N(C)C)c6)cc45)cc23)s1. The lowest BCUT2D eigenvalue weighted by atomic mass is 10.0. The van der Waals surface area contributed by atoms with Crippen molar-refractivity contribution in [1.29, 1.82) is 0 Å². The number of rotatable bonds is 5. The van der Waals surface area contributed by atoms with Crippen LogP contribution in [0.2, 0.25) is 0 Å². The number of hydrogen-bond acceptors (Lipinski definition) is 6. The van der Waals surface area contributed by atoms with Gasteiger partial charge >= 0.3 is 0 Å². The number of benzene rings is 1. The summed E-state index contributed by atoms with van der Waals surface area (Å²) in [5.74, 6) is 0.0754. The third kappa shape index (κ3) is 3.68. The Morgan fingerprint density at radius 1 is 0.971 bits per heavy atom. The first-order valence-electron chi connectivity index (χ1n) is 11.2. The highest BCUT2D eigenvalue weighted by Crippen LogP contribution is 2.37. The normalized spacial score (nSPS) is 11.4. The van der Waals surface area contributed by atoms with E-state index in [9.17, 15) is 4.79 Å². The van der Waals surface area contributed by atoms with Crippen LogP contribution in [0.4, 0.5) is 5.69 Å². The Bertz CT molecular complexity index is 1720. The van der Waals surface area contributed by atoms with E-state index >= 15 is 0 Å². The Morgan fingerprint density at radius 3 is 2.66 bits per heavy atom. The Labute approximate surface area is 205 Å². The predicted molar refractivity (Wildman–Crippen MR) is 142 cm³/mol. The maximum absolute atomic E-state index is 11.8. The van der Waals surface area contributed by atoms with Crippen molar-refractivity contribution in [2.75, 3.05) is 19.0 Å². The van der Waals surface area contributed by atoms with E-state index in [0.29, 0.717) is 0 Å². The molecule has 0 aliphatic heterocycles. The van der Waals surface area contributed by atoms with Crippen LogP contribution in [0.15, 0.2) is 67.1 Å². The second kappa shape index (κ2) is 8.18. The van der Waals surface area contributed by atoms with Crippen molar-refractivity contribution in [2.45, 2.75) is 6.92 Å². The van der Waals surface area contributed by atoms with Gasteiger partial charge in [0.1, 0.15) is 11.3 Å². The zero-order chi connectivity index (χ0) is 24.1. The molecule has 0 aliphatic rings. The topological polar surface area (TPSA) is 90.6 Å². The summed E-state index contributed by atoms with van der Waals surface area (Å²) in [6, 6.07) is 16.3. The summed E-state index contributed by atoms with van der Waals surface area (Å²) in [7, 11) is 4.01. The van der Waals surface area contributed by atoms with E-state index in [1.54, 1.807) is 13.1 Å². The lowest BCUT2D eigenvalue weighted by Gasteiger charge is -2.13. The number of pyridine rings is 2. The van der Waals surface area contributed by atoms with Gasteiger partial charge in [0, 0.05) is 53.3 Å². The average Bonchev–Trinajstić information content (AvgIpc) is 3.61. The molecule has 2 N–H and O–H groups in total. The van der Waals surface area contributed by atoms with E-state index in [1.807, 2.05) is 55.7 Å². The molecule has 6 aromatic rings. The fraction of sp³-hybridized carbons (Fsp3) is 0.111. The van der Waals surface area contributed by atoms with Crippen LogP contribution in [0.1, 0.15) is 16.6 Å². The third-order valence-corrected chi connectivity index (χ3v) is 7.36. The quantitative estimate of drug-likeness (QED) is 0.289. The van der Waals surface area contributed by atoms with E-state index in [1.165, 1.54) is 11.3 Å². The summed E-state index contributed by atoms with van der Waals surface area (Å²) in [4.78, 5) is 28.0. The highest BCUT2D eigenvalue weighted by molar-refractivity contribution is 7.17. The molecule has 0 spiro atoms. The van der Waals surface area contributed by atoms with Gasteiger partial charge < -0.3 is 9.88 Å². The van der Waals surface area contributed by atoms with Gasteiger partial charge in [-0.25, -0.2) is 4.98 Å². The number of H-pyrrole nitrogens is 2. The summed E-state index contributed by atoms with van der Waals surface area (Å²) >= 11 is 1.50. The van der Waals surface area contributed by atoms with Gasteiger partial charge in [-0.2, -0.15) is 5.10 Å². The van der Waals surface area contributed by atoms with Crippen LogP contribution in [0.5, 0.6) is 0 Å². The van der Waals surface area contributed by atoms with Crippen molar-refractivity contribution >= 4 is 44.7 Å². The molecule has 0 radical (unpaired) electrons. The summed E-state index contributed by atoms with van der Waals surface area (Å²) in [5, 5.41) is 9.78. The summed E-state index contributed by atoms with van der Waals surface area (Å²) in [6.07, 6.45) is 5.52. The van der Waals surface area contributed by atoms with Crippen molar-refractivity contribution in [2.24, 2.45) is 0 Å². The Hall–Kier alpha value is -4.30. The number of Topliss-reactive ketones (excluding diaryl/α,β-unsaturated/α-hetero) is 1. The van der Waals surface area contributed by atoms with Crippen LogP contribution >= 0.6 is 11.3 Å². The molecule has 0 bridgehead atoms. The fourth-order valence-corrected chi connectivity index (χ4v) is 5.21. The van der Waals surface area contributed by atoms with Gasteiger partial charge in [-0.15, -0.1) is 11.3 Å². The predicted octanol–water partition coefficient (Wildman–Crippen LogP) is 6.17. The molecular weight excluding hydrogens is 456 g/mol. The number of fused-ring (bicyclic) bond motifs is 2. The van der Waals surface area contributed by atoms with Gasteiger partial charge in [0.05, 0.1) is 28.0 Å². The molecule has 8 heteroatoms. The first kappa shape index (κ1) is 21.2. The summed E-state index contributed by atoms with van der Waals surface area (Å²) < 4.78 is 0. The Morgan fingerprint density at radius 2 is 1.86 bits per heavy atom. The van der Waals surface area contributed by atoms with Crippen LogP contribution in [0.25, 0.3) is 54.9 Å². The first-order chi connectivity index (χ1) is 17.0. The second-order valence-electron chi connectivity index (χ2n) is 8.68. The smallest absolute Gasteiger partial charge is 0.169 e. The number of aromatic amines is 2. The van der Waals surface area contributed by atoms with Gasteiger partial charge in [-0.3, -0.25) is 14.9 Å². The van der Waals surface area contributed by atoms with Crippen LogP contribution in [0.3, 0.4) is 0 Å². The number of aromatic nitrogens is 5. The molecule has 5 aromatic heterocycles. The van der Waals surface area contributed by atoms with Gasteiger partial charge in [0.2, 0.25) is 0 Å². The van der Waals surface area contributed by atoms with Crippen molar-refractivity contribution in [3.63, 3.8) is 0 Å². The number of carbonyl (C=O) groups is 1. The molecule has 0 unspecified atom stereocenters. The molecule has 0 saturated carbocycles. The third-order valence-electron chi connectivity index (χ3n) is 6.14. The van der Waals surface area contributed by atoms with E-state index in [2.05, 4.69) is 49.4 Å². The highest BCUT2D eigenvalue weighted by atomic mass is 32.1. The van der Waals surface area contributed by atoms with Crippen molar-refractivity contribution in [3.8, 4) is 33.0 Å². The number of nitrogens with zero attached hydrogens (tertiary/aromatic N) is 4. The molecule has 0 amide bonds. The minimum Gasteiger partial charge on any atom is -0.376 e. The van der Waals surface area contributed by atoms with Crippen molar-refractivity contribution < 1.29 is 4.79 Å². The lowest BCUT2D eigenvalue weighted by Crippen LogP contribution is -2.08. The van der Waals surface area contributed by atoms with Crippen molar-refractivity contribution in [1.82, 2.24) is 25.1 Å². The molecule has 35 heavy (non-hydrogen) atoms. The molecule has 0 saturated heterocycles. The Balaban J connectivity index is 1.46. The molecule has 172 valence electrons. The zero-order valence-corrected chi connectivity index (χ0v) is 20.3. The molecule has 7 nitrogen and oxygen atoms in total. The number of ketones is 1. The van der Waals surface area contributed by atoms with Gasteiger partial charge in [-0.05, 0) is 55.0 Å². The highest BCUT2D eigenvalue weighted by Gasteiger charge is 2.16. The molecule has 0 aliphatic carbocycles. The van der Waals surface area contributed by atoms with Crippen LogP contribution in [-0.4, -0.2) is 45.0 Å². The van der Waals surface area contributed by atoms with Crippen molar-refractivity contribution in [3.05, 3.63) is 72.0 Å². The van der Waals surface area contributed by atoms with Gasteiger partial charge in [0.25, 0.3) is 0 Å². The van der Waals surface area contributed by atoms with E-state index in [4.69, 9.17) is 0 Å². The number of carbonyl (C=O) groups excluding carboxylic acids is 1. The average molecular weight is 479 g/mol. The van der Waals surface area contributed by atoms with Gasteiger partial charge in [-0.1, -0.05) is 6.07 Å². The maximum atomic E-state index is 11.8. The van der Waals surface area contributed by atoms with Crippen LogP contribution < -0.4 is 4.90 Å². The number of nitrogens with one attached hydrogen (secondary N) is 2. The molecule has 1 aromatic carbocycles. The summed E-state index contributed by atoms with van der Waals surface area (Å²) in [6.45, 7) is 1.59. The standard InChI is InChI=1S/C27H22N6OS/c1-15(34)24-6-7-25(35-24)19-8-9-29-27-20(19)12-23(30-27)26-21-11-16(4-5-22(21)31-32-26)17-10-18(33(2)3)14-28-13-17/h4-14H,1-3H3,(H,29,30)(H,31,32). The lowest BCUT2D eigenvalue weighted by molar-refractivity contribution is 0.102. The monoisotopic (exact) mass is 478 g/mol. The van der Waals surface area contributed by atoms with Crippen LogP contribution in [-0.2, 0) is 0 Å². The van der Waals surface area contributed by atoms with Crippen LogP contribution in [0, 0.1) is 0 Å². The number of hydrogen-bond donors (Lipinski definition) is 2.